The molecular weight excluding hydrogens is 292 g/mol. The Morgan fingerprint density at radius 1 is 1.37 bits per heavy atom. The monoisotopic (exact) mass is 306 g/mol. The number of rotatable bonds is 6. The molecule has 0 bridgehead atoms. The van der Waals surface area contributed by atoms with Crippen molar-refractivity contribution in [3.63, 3.8) is 0 Å². The topological polar surface area (TPSA) is 80.7 Å². The third-order valence-corrected chi connectivity index (χ3v) is 3.69. The Bertz CT molecular complexity index is 524. The second kappa shape index (κ2) is 6.88. The number of esters is 1. The van der Waals surface area contributed by atoms with Gasteiger partial charge in [0.15, 0.2) is 0 Å². The smallest absolute Gasteiger partial charge is 0.302 e. The predicted molar refractivity (Wildman–Crippen MR) is 70.9 cm³/mol. The van der Waals surface area contributed by atoms with Gasteiger partial charge in [-0.05, 0) is 30.5 Å². The molecule has 0 aliphatic rings. The minimum atomic E-state index is -4.16. The summed E-state index contributed by atoms with van der Waals surface area (Å²) in [4.78, 5) is 10.7. The molecule has 0 amide bonds. The summed E-state index contributed by atoms with van der Waals surface area (Å²) < 4.78 is 35.5. The first-order valence-corrected chi connectivity index (χ1v) is 7.60. The van der Waals surface area contributed by atoms with Crippen molar-refractivity contribution in [3.05, 3.63) is 29.8 Å². The number of hydrogen-bond acceptors (Lipinski definition) is 4. The van der Waals surface area contributed by atoms with Gasteiger partial charge in [0.05, 0.1) is 10.8 Å². The number of benzene rings is 1. The van der Waals surface area contributed by atoms with Crippen LogP contribution in [0.25, 0.3) is 0 Å². The zero-order valence-electron chi connectivity index (χ0n) is 10.4. The maximum Gasteiger partial charge on any atom is 0.302 e. The van der Waals surface area contributed by atoms with E-state index in [9.17, 15) is 13.2 Å². The molecule has 0 radical (unpaired) electrons. The SMILES string of the molecule is CC(=O)OC(CCl)CCc1ccc(S(=O)(=O)O)cc1. The average molecular weight is 307 g/mol. The molecule has 1 aromatic carbocycles. The summed E-state index contributed by atoms with van der Waals surface area (Å²) >= 11 is 5.67. The highest BCUT2D eigenvalue weighted by Gasteiger charge is 2.12. The molecule has 19 heavy (non-hydrogen) atoms. The van der Waals surface area contributed by atoms with E-state index in [-0.39, 0.29) is 22.8 Å². The van der Waals surface area contributed by atoms with Crippen LogP contribution >= 0.6 is 11.6 Å². The molecule has 0 aromatic heterocycles. The van der Waals surface area contributed by atoms with E-state index >= 15 is 0 Å². The Hall–Kier alpha value is -1.11. The lowest BCUT2D eigenvalue weighted by molar-refractivity contribution is -0.145. The third kappa shape index (κ3) is 5.59. The molecule has 0 spiro atoms. The number of halogens is 1. The summed E-state index contributed by atoms with van der Waals surface area (Å²) in [5, 5.41) is 0. The zero-order valence-corrected chi connectivity index (χ0v) is 11.9. The standard InChI is InChI=1S/C12H15ClO5S/c1-9(14)18-11(8-13)5-2-10-3-6-12(7-4-10)19(15,16)17/h3-4,6-7,11H,2,5,8H2,1H3,(H,15,16,17). The highest BCUT2D eigenvalue weighted by molar-refractivity contribution is 7.85. The van der Waals surface area contributed by atoms with E-state index in [0.717, 1.165) is 5.56 Å². The Kier molecular flexibility index (Phi) is 5.78. The third-order valence-electron chi connectivity index (χ3n) is 2.48. The Labute approximate surface area is 117 Å². The van der Waals surface area contributed by atoms with Crippen LogP contribution in [0.2, 0.25) is 0 Å². The lowest BCUT2D eigenvalue weighted by Gasteiger charge is -2.13. The van der Waals surface area contributed by atoms with Gasteiger partial charge in [-0.25, -0.2) is 0 Å². The zero-order chi connectivity index (χ0) is 14.5. The van der Waals surface area contributed by atoms with Gasteiger partial charge in [-0.2, -0.15) is 8.42 Å². The molecule has 0 aliphatic carbocycles. The van der Waals surface area contributed by atoms with Gasteiger partial charge in [0, 0.05) is 6.92 Å². The minimum Gasteiger partial charge on any atom is -0.461 e. The molecular formula is C12H15ClO5S. The summed E-state index contributed by atoms with van der Waals surface area (Å²) in [6.45, 7) is 1.32. The summed E-state index contributed by atoms with van der Waals surface area (Å²) in [5.41, 5.74) is 0.870. The van der Waals surface area contributed by atoms with E-state index in [1.165, 1.54) is 19.1 Å². The highest BCUT2D eigenvalue weighted by atomic mass is 35.5. The van der Waals surface area contributed by atoms with E-state index < -0.39 is 10.1 Å². The fourth-order valence-electron chi connectivity index (χ4n) is 1.56. The number of aryl methyl sites for hydroxylation is 1. The van der Waals surface area contributed by atoms with Gasteiger partial charge in [0.25, 0.3) is 10.1 Å². The molecule has 0 saturated heterocycles. The summed E-state index contributed by atoms with van der Waals surface area (Å²) in [6.07, 6.45) is 0.783. The summed E-state index contributed by atoms with van der Waals surface area (Å²) in [7, 11) is -4.16. The van der Waals surface area contributed by atoms with Gasteiger partial charge in [-0.1, -0.05) is 12.1 Å². The van der Waals surface area contributed by atoms with Gasteiger partial charge in [-0.15, -0.1) is 11.6 Å². The van der Waals surface area contributed by atoms with Crippen molar-refractivity contribution in [2.24, 2.45) is 0 Å². The van der Waals surface area contributed by atoms with Crippen molar-refractivity contribution in [2.75, 3.05) is 5.88 Å². The van der Waals surface area contributed by atoms with Crippen molar-refractivity contribution in [1.82, 2.24) is 0 Å². The fourth-order valence-corrected chi connectivity index (χ4v) is 2.26. The Balaban J connectivity index is 2.61. The molecule has 0 heterocycles. The number of hydrogen-bond donors (Lipinski definition) is 1. The van der Waals surface area contributed by atoms with Crippen molar-refractivity contribution in [2.45, 2.75) is 30.8 Å². The van der Waals surface area contributed by atoms with E-state index in [1.807, 2.05) is 0 Å². The average Bonchev–Trinajstić information content (AvgIpc) is 2.33. The molecule has 5 nitrogen and oxygen atoms in total. The molecule has 106 valence electrons. The van der Waals surface area contributed by atoms with Crippen LogP contribution in [-0.4, -0.2) is 30.9 Å². The minimum absolute atomic E-state index is 0.148. The first-order valence-electron chi connectivity index (χ1n) is 5.62. The Morgan fingerprint density at radius 3 is 2.37 bits per heavy atom. The number of ether oxygens (including phenoxy) is 1. The Morgan fingerprint density at radius 2 is 1.95 bits per heavy atom. The summed E-state index contributed by atoms with van der Waals surface area (Å²) in [6, 6.07) is 5.85. The maximum absolute atomic E-state index is 10.9. The predicted octanol–water partition coefficient (Wildman–Crippen LogP) is 2.04. The van der Waals surface area contributed by atoms with E-state index in [0.29, 0.717) is 12.8 Å². The second-order valence-corrected chi connectivity index (χ2v) is 5.77. The molecule has 1 atom stereocenters. The van der Waals surface area contributed by atoms with Gasteiger partial charge in [0.1, 0.15) is 6.10 Å². The molecule has 0 saturated carbocycles. The van der Waals surface area contributed by atoms with E-state index in [1.54, 1.807) is 12.1 Å². The van der Waals surface area contributed by atoms with Gasteiger partial charge in [0.2, 0.25) is 0 Å². The maximum atomic E-state index is 10.9. The molecule has 7 heteroatoms. The number of carbonyl (C=O) groups excluding carboxylic acids is 1. The van der Waals surface area contributed by atoms with Crippen molar-refractivity contribution < 1.29 is 22.5 Å². The van der Waals surface area contributed by atoms with E-state index in [2.05, 4.69) is 0 Å². The van der Waals surface area contributed by atoms with Crippen LogP contribution in [0, 0.1) is 0 Å². The van der Waals surface area contributed by atoms with Gasteiger partial charge in [-0.3, -0.25) is 9.35 Å². The number of carbonyl (C=O) groups is 1. The molecule has 0 fully saturated rings. The lowest BCUT2D eigenvalue weighted by Crippen LogP contribution is -2.18. The van der Waals surface area contributed by atoms with Crippen molar-refractivity contribution in [3.8, 4) is 0 Å². The summed E-state index contributed by atoms with van der Waals surface area (Å²) in [5.74, 6) is -0.171. The van der Waals surface area contributed by atoms with Crippen molar-refractivity contribution >= 4 is 27.7 Å². The normalized spacial score (nSPS) is 13.0. The van der Waals surface area contributed by atoms with E-state index in [4.69, 9.17) is 20.9 Å². The molecule has 1 aromatic rings. The highest BCUT2D eigenvalue weighted by Crippen LogP contribution is 2.13. The van der Waals surface area contributed by atoms with Crippen molar-refractivity contribution in [1.29, 1.82) is 0 Å². The van der Waals surface area contributed by atoms with Gasteiger partial charge >= 0.3 is 5.97 Å². The quantitative estimate of drug-likeness (QED) is 0.494. The molecule has 0 aliphatic heterocycles. The van der Waals surface area contributed by atoms with Crippen LogP contribution in [-0.2, 0) is 26.1 Å². The first-order chi connectivity index (χ1) is 8.82. The van der Waals surface area contributed by atoms with Crippen LogP contribution in [0.15, 0.2) is 29.2 Å². The van der Waals surface area contributed by atoms with Crippen LogP contribution in [0.4, 0.5) is 0 Å². The first kappa shape index (κ1) is 15.9. The largest absolute Gasteiger partial charge is 0.461 e. The molecule has 1 N–H and O–H groups in total. The van der Waals surface area contributed by atoms with Crippen LogP contribution < -0.4 is 0 Å². The lowest BCUT2D eigenvalue weighted by atomic mass is 10.1. The van der Waals surface area contributed by atoms with Crippen LogP contribution in [0.5, 0.6) is 0 Å². The van der Waals surface area contributed by atoms with Gasteiger partial charge < -0.3 is 4.74 Å². The van der Waals surface area contributed by atoms with Crippen LogP contribution in [0.1, 0.15) is 18.9 Å². The molecule has 1 unspecified atom stereocenters. The van der Waals surface area contributed by atoms with Crippen LogP contribution in [0.3, 0.4) is 0 Å². The molecule has 1 rings (SSSR count). The number of alkyl halides is 1. The second-order valence-electron chi connectivity index (χ2n) is 4.04. The fraction of sp³-hybridized carbons (Fsp3) is 0.417.